The number of nitrogens with zero attached hydrogens (tertiary/aromatic N) is 2. The second-order valence-corrected chi connectivity index (χ2v) is 27.2. The van der Waals surface area contributed by atoms with Crippen molar-refractivity contribution in [3.63, 3.8) is 0 Å². The van der Waals surface area contributed by atoms with Crippen LogP contribution in [0.25, 0.3) is 77.9 Å². The van der Waals surface area contributed by atoms with Crippen LogP contribution in [0, 0.1) is 0 Å². The molecular weight excluding hydrogens is 1080 g/mol. The lowest BCUT2D eigenvalue weighted by Crippen LogP contribution is -2.61. The molecule has 0 aromatic heterocycles. The standard InChI is InChI=1S/C87H67BN2/c1-85(2,3)64-44-46-77-79(51-64)90(84-67(59-33-18-10-19-34-59)39-26-40-68(84)60-35-20-11-21-36-60)82-53-65(86(4,5)6)52-81-83(82)88(77)78-55-76-72(54-80(78)89(81)66-48-62(57-29-14-8-15-30-57)47-63(49-66)58-31-16-9-17-32-58)71-50-61(56-27-12-7-13-28-56)43-45-75(71)87(76)73-41-24-22-37-69(73)70-38-23-25-42-74(70)87/h7-55H,1-6H3. The van der Waals surface area contributed by atoms with E-state index in [0.29, 0.717) is 0 Å². The lowest BCUT2D eigenvalue weighted by molar-refractivity contribution is 0.590. The minimum absolute atomic E-state index is 0.150. The Kier molecular flexibility index (Phi) is 12.1. The first-order valence-electron chi connectivity index (χ1n) is 31.9. The Morgan fingerprint density at radius 1 is 0.267 bits per heavy atom. The Morgan fingerprint density at radius 3 is 1.23 bits per heavy atom. The van der Waals surface area contributed by atoms with Crippen LogP contribution in [0.3, 0.4) is 0 Å². The zero-order chi connectivity index (χ0) is 60.6. The van der Waals surface area contributed by atoms with E-state index in [2.05, 4.69) is 349 Å². The SMILES string of the molecule is CC(C)(C)c1ccc2c(c1)N(c1c(-c3ccccc3)cccc1-c1ccccc1)c1cc(C(C)(C)C)cc3c1B2c1cc2c(cc1N3c1cc(-c3ccccc3)cc(-c3ccccc3)c1)-c1cc(-c3ccccc3)ccc1C21c2ccccc2-c2ccccc21. The molecule has 428 valence electrons. The van der Waals surface area contributed by atoms with Crippen LogP contribution < -0.4 is 26.2 Å². The summed E-state index contributed by atoms with van der Waals surface area (Å²) < 4.78 is 0. The minimum Gasteiger partial charge on any atom is -0.311 e. The Labute approximate surface area is 530 Å². The number of hydrogen-bond acceptors (Lipinski definition) is 2. The molecule has 90 heavy (non-hydrogen) atoms. The molecule has 0 amide bonds. The summed E-state index contributed by atoms with van der Waals surface area (Å²) >= 11 is 0. The van der Waals surface area contributed by atoms with Crippen LogP contribution in [0.1, 0.15) is 74.9 Å². The first-order valence-corrected chi connectivity index (χ1v) is 31.9. The number of rotatable bonds is 7. The number of fused-ring (bicyclic) bond motifs is 14. The number of para-hydroxylation sites is 1. The minimum atomic E-state index is -0.599. The molecule has 0 N–H and O–H groups in total. The van der Waals surface area contributed by atoms with Gasteiger partial charge < -0.3 is 9.80 Å². The smallest absolute Gasteiger partial charge is 0.252 e. The van der Waals surface area contributed by atoms with Crippen molar-refractivity contribution in [1.82, 2.24) is 0 Å². The molecule has 13 aromatic rings. The van der Waals surface area contributed by atoms with Gasteiger partial charge in [0.25, 0.3) is 6.71 Å². The fourth-order valence-corrected chi connectivity index (χ4v) is 15.7. The summed E-state index contributed by atoms with van der Waals surface area (Å²) in [6, 6.07) is 113. The van der Waals surface area contributed by atoms with Crippen molar-refractivity contribution < 1.29 is 0 Å². The summed E-state index contributed by atoms with van der Waals surface area (Å²) in [4.78, 5) is 5.40. The molecule has 13 aromatic carbocycles. The van der Waals surface area contributed by atoms with E-state index >= 15 is 0 Å². The van der Waals surface area contributed by atoms with Crippen LogP contribution in [0.15, 0.2) is 297 Å². The highest BCUT2D eigenvalue weighted by Crippen LogP contribution is 2.64. The van der Waals surface area contributed by atoms with Gasteiger partial charge in [0.05, 0.1) is 11.1 Å². The van der Waals surface area contributed by atoms with Crippen molar-refractivity contribution in [2.75, 3.05) is 9.80 Å². The van der Waals surface area contributed by atoms with Crippen molar-refractivity contribution in [1.29, 1.82) is 0 Å². The van der Waals surface area contributed by atoms with Gasteiger partial charge in [-0.1, -0.05) is 290 Å². The van der Waals surface area contributed by atoms with Gasteiger partial charge in [-0.3, -0.25) is 0 Å². The molecule has 0 unspecified atom stereocenters. The molecule has 2 heterocycles. The van der Waals surface area contributed by atoms with Gasteiger partial charge in [-0.25, -0.2) is 0 Å². The van der Waals surface area contributed by atoms with Gasteiger partial charge >= 0.3 is 0 Å². The molecule has 0 atom stereocenters. The van der Waals surface area contributed by atoms with Gasteiger partial charge in [0.2, 0.25) is 0 Å². The summed E-state index contributed by atoms with van der Waals surface area (Å²) in [7, 11) is 0. The zero-order valence-electron chi connectivity index (χ0n) is 51.8. The molecule has 17 rings (SSSR count). The molecule has 2 aliphatic heterocycles. The third-order valence-corrected chi connectivity index (χ3v) is 19.9. The van der Waals surface area contributed by atoms with E-state index in [1.807, 2.05) is 0 Å². The van der Waals surface area contributed by atoms with Crippen LogP contribution in [0.2, 0.25) is 0 Å². The average molecular weight is 1150 g/mol. The fraction of sp³-hybridized carbons (Fsp3) is 0.103. The summed E-state index contributed by atoms with van der Waals surface area (Å²) in [5, 5.41) is 0. The largest absolute Gasteiger partial charge is 0.311 e. The number of benzene rings is 13. The maximum atomic E-state index is 2.71. The van der Waals surface area contributed by atoms with Gasteiger partial charge in [-0.2, -0.15) is 0 Å². The van der Waals surface area contributed by atoms with Crippen LogP contribution >= 0.6 is 0 Å². The third kappa shape index (κ3) is 8.18. The van der Waals surface area contributed by atoms with E-state index < -0.39 is 5.41 Å². The first-order chi connectivity index (χ1) is 43.9. The second-order valence-electron chi connectivity index (χ2n) is 27.2. The highest BCUT2D eigenvalue weighted by atomic mass is 15.2. The van der Waals surface area contributed by atoms with Gasteiger partial charge in [0.15, 0.2) is 0 Å². The van der Waals surface area contributed by atoms with E-state index in [0.717, 1.165) is 5.69 Å². The molecule has 3 heteroatoms. The van der Waals surface area contributed by atoms with Gasteiger partial charge in [-0.05, 0) is 176 Å². The Hall–Kier alpha value is -10.5. The summed E-state index contributed by atoms with van der Waals surface area (Å²) in [5.74, 6) is 0. The molecule has 4 aliphatic rings. The van der Waals surface area contributed by atoms with Gasteiger partial charge in [0.1, 0.15) is 0 Å². The molecule has 0 radical (unpaired) electrons. The molecule has 2 aliphatic carbocycles. The molecular formula is C87H67BN2. The average Bonchev–Trinajstić information content (AvgIpc) is 1.40. The van der Waals surface area contributed by atoms with Crippen LogP contribution in [-0.4, -0.2) is 6.71 Å². The fourth-order valence-electron chi connectivity index (χ4n) is 15.7. The Balaban J connectivity index is 1.05. The van der Waals surface area contributed by atoms with E-state index in [-0.39, 0.29) is 17.5 Å². The molecule has 0 bridgehead atoms. The lowest BCUT2D eigenvalue weighted by atomic mass is 9.33. The zero-order valence-corrected chi connectivity index (χ0v) is 51.8. The Bertz CT molecular complexity index is 4860. The molecule has 0 fully saturated rings. The quantitative estimate of drug-likeness (QED) is 0.147. The number of anilines is 6. The summed E-state index contributed by atoms with van der Waals surface area (Å²) in [6.45, 7) is 14.1. The summed E-state index contributed by atoms with van der Waals surface area (Å²) in [6.07, 6.45) is 0. The topological polar surface area (TPSA) is 6.48 Å². The van der Waals surface area contributed by atoms with E-state index in [9.17, 15) is 0 Å². The Morgan fingerprint density at radius 2 is 0.700 bits per heavy atom. The summed E-state index contributed by atoms with van der Waals surface area (Å²) in [5.41, 5.74) is 34.7. The van der Waals surface area contributed by atoms with Crippen molar-refractivity contribution in [2.45, 2.75) is 57.8 Å². The number of hydrogen-bond donors (Lipinski definition) is 0. The van der Waals surface area contributed by atoms with Crippen LogP contribution in [0.5, 0.6) is 0 Å². The van der Waals surface area contributed by atoms with Crippen LogP contribution in [-0.2, 0) is 16.2 Å². The molecule has 0 saturated carbocycles. The highest BCUT2D eigenvalue weighted by molar-refractivity contribution is 7.00. The third-order valence-electron chi connectivity index (χ3n) is 19.9. The predicted molar refractivity (Wildman–Crippen MR) is 381 cm³/mol. The van der Waals surface area contributed by atoms with Crippen molar-refractivity contribution in [2.24, 2.45) is 0 Å². The van der Waals surface area contributed by atoms with Crippen molar-refractivity contribution in [3.8, 4) is 77.9 Å². The monoisotopic (exact) mass is 1150 g/mol. The first kappa shape index (κ1) is 53.7. The second kappa shape index (κ2) is 20.3. The molecule has 0 saturated heterocycles. The van der Waals surface area contributed by atoms with Gasteiger partial charge in [-0.15, -0.1) is 0 Å². The van der Waals surface area contributed by atoms with E-state index in [1.54, 1.807) is 0 Å². The van der Waals surface area contributed by atoms with E-state index in [4.69, 9.17) is 0 Å². The maximum Gasteiger partial charge on any atom is 0.252 e. The highest BCUT2D eigenvalue weighted by Gasteiger charge is 2.54. The normalized spacial score (nSPS) is 13.7. The van der Waals surface area contributed by atoms with E-state index in [1.165, 1.54) is 156 Å². The molecule has 2 nitrogen and oxygen atoms in total. The predicted octanol–water partition coefficient (Wildman–Crippen LogP) is 21.0. The van der Waals surface area contributed by atoms with Crippen molar-refractivity contribution in [3.05, 3.63) is 331 Å². The molecule has 1 spiro atoms. The maximum absolute atomic E-state index is 2.71. The lowest BCUT2D eigenvalue weighted by Gasteiger charge is -2.46. The van der Waals surface area contributed by atoms with Gasteiger partial charge in [0, 0.05) is 39.6 Å². The van der Waals surface area contributed by atoms with Crippen molar-refractivity contribution >= 4 is 57.2 Å². The van der Waals surface area contributed by atoms with Crippen LogP contribution in [0.4, 0.5) is 34.1 Å².